The molecule has 7 nitrogen and oxygen atoms in total. The number of aromatic nitrogens is 2. The molecule has 0 amide bonds. The van der Waals surface area contributed by atoms with Crippen molar-refractivity contribution in [2.24, 2.45) is 0 Å². The van der Waals surface area contributed by atoms with Gasteiger partial charge in [0.25, 0.3) is 5.69 Å². The van der Waals surface area contributed by atoms with Crippen LogP contribution >= 0.6 is 0 Å². The summed E-state index contributed by atoms with van der Waals surface area (Å²) in [5, 5.41) is 11.0. The highest BCUT2D eigenvalue weighted by atomic mass is 16.6. The van der Waals surface area contributed by atoms with Gasteiger partial charge < -0.3 is 10.5 Å². The normalized spacial score (nSPS) is 10.7. The molecule has 1 heterocycles. The van der Waals surface area contributed by atoms with Crippen LogP contribution in [-0.4, -0.2) is 14.9 Å². The number of hydrogen-bond donors (Lipinski definition) is 1. The van der Waals surface area contributed by atoms with Crippen molar-refractivity contribution in [3.63, 3.8) is 0 Å². The minimum Gasteiger partial charge on any atom is -0.438 e. The molecule has 0 bridgehead atoms. The number of rotatable bonds is 4. The number of anilines is 1. The topological polar surface area (TPSA) is 104 Å². The average molecular weight is 288 g/mol. The van der Waals surface area contributed by atoms with Crippen LogP contribution in [0.5, 0.6) is 11.6 Å². The molecule has 0 aliphatic heterocycles. The summed E-state index contributed by atoms with van der Waals surface area (Å²) in [6.45, 7) is 5.53. The second-order valence-corrected chi connectivity index (χ2v) is 4.89. The van der Waals surface area contributed by atoms with Gasteiger partial charge >= 0.3 is 0 Å². The van der Waals surface area contributed by atoms with Crippen LogP contribution in [0.4, 0.5) is 11.5 Å². The molecule has 0 aliphatic carbocycles. The van der Waals surface area contributed by atoms with Gasteiger partial charge in [-0.1, -0.05) is 19.9 Å². The van der Waals surface area contributed by atoms with E-state index in [9.17, 15) is 10.1 Å². The fraction of sp³-hybridized carbons (Fsp3) is 0.286. The molecular weight excluding hydrogens is 272 g/mol. The molecule has 2 aromatic rings. The van der Waals surface area contributed by atoms with Crippen molar-refractivity contribution < 1.29 is 9.66 Å². The number of nitro benzene ring substituents is 1. The number of nitro groups is 1. The van der Waals surface area contributed by atoms with Crippen molar-refractivity contribution in [1.82, 2.24) is 9.97 Å². The lowest BCUT2D eigenvalue weighted by atomic mass is 10.1. The van der Waals surface area contributed by atoms with E-state index in [1.165, 1.54) is 12.4 Å². The molecule has 0 atom stereocenters. The van der Waals surface area contributed by atoms with E-state index in [1.807, 2.05) is 13.8 Å². The molecule has 2 rings (SSSR count). The smallest absolute Gasteiger partial charge is 0.276 e. The van der Waals surface area contributed by atoms with Crippen molar-refractivity contribution >= 4 is 11.5 Å². The largest absolute Gasteiger partial charge is 0.438 e. The maximum Gasteiger partial charge on any atom is 0.276 e. The Hall–Kier alpha value is -2.70. The SMILES string of the molecule is Cc1c(Oc2ncnc(N)c2C(C)C)cccc1[N+](=O)[O-]. The van der Waals surface area contributed by atoms with E-state index in [0.717, 1.165) is 0 Å². The molecule has 0 unspecified atom stereocenters. The summed E-state index contributed by atoms with van der Waals surface area (Å²) in [4.78, 5) is 18.6. The molecule has 0 spiro atoms. The molecule has 7 heteroatoms. The Morgan fingerprint density at radius 3 is 2.67 bits per heavy atom. The van der Waals surface area contributed by atoms with E-state index in [0.29, 0.717) is 28.6 Å². The lowest BCUT2D eigenvalue weighted by Crippen LogP contribution is -2.05. The Balaban J connectivity index is 2.47. The molecule has 1 aromatic heterocycles. The molecule has 0 saturated heterocycles. The minimum absolute atomic E-state index is 0.000579. The lowest BCUT2D eigenvalue weighted by Gasteiger charge is -2.14. The van der Waals surface area contributed by atoms with Crippen molar-refractivity contribution in [1.29, 1.82) is 0 Å². The number of benzene rings is 1. The monoisotopic (exact) mass is 288 g/mol. The molecule has 110 valence electrons. The summed E-state index contributed by atoms with van der Waals surface area (Å²) in [7, 11) is 0. The highest BCUT2D eigenvalue weighted by Crippen LogP contribution is 2.35. The molecular formula is C14H16N4O3. The third-order valence-electron chi connectivity index (χ3n) is 3.11. The fourth-order valence-corrected chi connectivity index (χ4v) is 2.03. The summed E-state index contributed by atoms with van der Waals surface area (Å²) in [6, 6.07) is 4.66. The number of hydrogen-bond acceptors (Lipinski definition) is 6. The van der Waals surface area contributed by atoms with E-state index in [4.69, 9.17) is 10.5 Å². The minimum atomic E-state index is -0.445. The quantitative estimate of drug-likeness (QED) is 0.684. The second-order valence-electron chi connectivity index (χ2n) is 4.89. The Morgan fingerprint density at radius 2 is 2.05 bits per heavy atom. The molecule has 0 saturated carbocycles. The van der Waals surface area contributed by atoms with E-state index in [-0.39, 0.29) is 11.6 Å². The Labute approximate surface area is 121 Å². The van der Waals surface area contributed by atoms with Crippen LogP contribution in [0.25, 0.3) is 0 Å². The van der Waals surface area contributed by atoms with Gasteiger partial charge in [0.15, 0.2) is 0 Å². The van der Waals surface area contributed by atoms with E-state index in [1.54, 1.807) is 19.1 Å². The third kappa shape index (κ3) is 2.91. The molecule has 0 aliphatic rings. The number of nitrogens with zero attached hydrogens (tertiary/aromatic N) is 3. The van der Waals surface area contributed by atoms with Gasteiger partial charge in [0, 0.05) is 6.07 Å². The van der Waals surface area contributed by atoms with E-state index in [2.05, 4.69) is 9.97 Å². The van der Waals surface area contributed by atoms with Gasteiger partial charge in [-0.3, -0.25) is 10.1 Å². The highest BCUT2D eigenvalue weighted by molar-refractivity contribution is 5.52. The number of nitrogens with two attached hydrogens (primary N) is 1. The predicted octanol–water partition coefficient (Wildman–Crippen LogP) is 3.19. The standard InChI is InChI=1S/C14H16N4O3/c1-8(2)12-13(15)16-7-17-14(12)21-11-6-4-5-10(9(11)3)18(19)20/h4-8H,1-3H3,(H2,15,16,17). The highest BCUT2D eigenvalue weighted by Gasteiger charge is 2.19. The molecule has 21 heavy (non-hydrogen) atoms. The Morgan fingerprint density at radius 1 is 1.33 bits per heavy atom. The van der Waals surface area contributed by atoms with Crippen molar-refractivity contribution in [3.05, 3.63) is 45.8 Å². The van der Waals surface area contributed by atoms with Gasteiger partial charge in [-0.25, -0.2) is 9.97 Å². The molecule has 0 fully saturated rings. The van der Waals surface area contributed by atoms with Crippen LogP contribution in [0, 0.1) is 17.0 Å². The van der Waals surface area contributed by atoms with Gasteiger partial charge in [-0.2, -0.15) is 0 Å². The molecule has 0 radical (unpaired) electrons. The number of nitrogen functional groups attached to an aromatic ring is 1. The lowest BCUT2D eigenvalue weighted by molar-refractivity contribution is -0.385. The van der Waals surface area contributed by atoms with Crippen LogP contribution in [0.3, 0.4) is 0 Å². The first-order chi connectivity index (χ1) is 9.91. The average Bonchev–Trinajstić information content (AvgIpc) is 2.40. The van der Waals surface area contributed by atoms with Crippen molar-refractivity contribution in [3.8, 4) is 11.6 Å². The first-order valence-corrected chi connectivity index (χ1v) is 6.44. The zero-order valence-electron chi connectivity index (χ0n) is 12.0. The van der Waals surface area contributed by atoms with Crippen LogP contribution in [0.1, 0.15) is 30.9 Å². The van der Waals surface area contributed by atoms with Gasteiger partial charge in [0.2, 0.25) is 5.88 Å². The Kier molecular flexibility index (Phi) is 4.02. The van der Waals surface area contributed by atoms with Gasteiger partial charge in [0.1, 0.15) is 17.9 Å². The summed E-state index contributed by atoms with van der Waals surface area (Å²) in [6.07, 6.45) is 1.31. The second kappa shape index (κ2) is 5.74. The van der Waals surface area contributed by atoms with Gasteiger partial charge in [0.05, 0.1) is 16.1 Å². The Bertz CT molecular complexity index is 686. The molecule has 1 aromatic carbocycles. The summed E-state index contributed by atoms with van der Waals surface area (Å²) in [5.41, 5.74) is 6.98. The van der Waals surface area contributed by atoms with E-state index < -0.39 is 4.92 Å². The zero-order chi connectivity index (χ0) is 15.6. The summed E-state index contributed by atoms with van der Waals surface area (Å²) >= 11 is 0. The van der Waals surface area contributed by atoms with Crippen LogP contribution < -0.4 is 10.5 Å². The maximum absolute atomic E-state index is 11.0. The zero-order valence-corrected chi connectivity index (χ0v) is 12.0. The van der Waals surface area contributed by atoms with Gasteiger partial charge in [-0.15, -0.1) is 0 Å². The van der Waals surface area contributed by atoms with Crippen LogP contribution in [-0.2, 0) is 0 Å². The first kappa shape index (κ1) is 14.7. The summed E-state index contributed by atoms with van der Waals surface area (Å²) in [5.74, 6) is 1.11. The van der Waals surface area contributed by atoms with Crippen molar-refractivity contribution in [2.45, 2.75) is 26.7 Å². The maximum atomic E-state index is 11.0. The van der Waals surface area contributed by atoms with E-state index >= 15 is 0 Å². The fourth-order valence-electron chi connectivity index (χ4n) is 2.03. The first-order valence-electron chi connectivity index (χ1n) is 6.44. The van der Waals surface area contributed by atoms with Gasteiger partial charge in [-0.05, 0) is 18.9 Å². The molecule has 2 N–H and O–H groups in total. The van der Waals surface area contributed by atoms with Crippen LogP contribution in [0.2, 0.25) is 0 Å². The number of ether oxygens (including phenoxy) is 1. The third-order valence-corrected chi connectivity index (χ3v) is 3.11. The van der Waals surface area contributed by atoms with Crippen LogP contribution in [0.15, 0.2) is 24.5 Å². The summed E-state index contributed by atoms with van der Waals surface area (Å²) < 4.78 is 5.74. The van der Waals surface area contributed by atoms with Crippen molar-refractivity contribution in [2.75, 3.05) is 5.73 Å². The predicted molar refractivity (Wildman–Crippen MR) is 78.4 cm³/mol.